The molecule has 0 bridgehead atoms. The standard InChI is InChI=1S/C12H23N3O3S/c1-3-4-10(7-8-13)5-6-12-14-11(15-18-12)9-19(2,16)17/h10H,3-9,13H2,1-2H3. The van der Waals surface area contributed by atoms with Gasteiger partial charge in [-0.1, -0.05) is 24.9 Å². The normalized spacial score (nSPS) is 13.6. The third-order valence-electron chi connectivity index (χ3n) is 2.94. The van der Waals surface area contributed by atoms with E-state index < -0.39 is 9.84 Å². The Labute approximate surface area is 114 Å². The minimum atomic E-state index is -3.11. The van der Waals surface area contributed by atoms with Crippen LogP contribution in [0.5, 0.6) is 0 Å². The maximum Gasteiger partial charge on any atom is 0.226 e. The predicted molar refractivity (Wildman–Crippen MR) is 73.2 cm³/mol. The van der Waals surface area contributed by atoms with Gasteiger partial charge in [-0.2, -0.15) is 4.98 Å². The molecule has 7 heteroatoms. The second-order valence-electron chi connectivity index (χ2n) is 4.95. The quantitative estimate of drug-likeness (QED) is 0.736. The molecule has 0 radical (unpaired) electrons. The van der Waals surface area contributed by atoms with Gasteiger partial charge in [0.1, 0.15) is 5.75 Å². The van der Waals surface area contributed by atoms with Gasteiger partial charge in [0.15, 0.2) is 15.7 Å². The highest BCUT2D eigenvalue weighted by molar-refractivity contribution is 7.89. The smallest absolute Gasteiger partial charge is 0.226 e. The van der Waals surface area contributed by atoms with E-state index in [1.54, 1.807) is 0 Å². The lowest BCUT2D eigenvalue weighted by molar-refractivity contribution is 0.347. The SMILES string of the molecule is CCCC(CCN)CCc1nc(CS(C)(=O)=O)no1. The fourth-order valence-electron chi connectivity index (χ4n) is 2.09. The molecule has 2 N–H and O–H groups in total. The molecule has 0 aliphatic rings. The van der Waals surface area contributed by atoms with Crippen molar-refractivity contribution in [2.45, 2.75) is 44.8 Å². The summed E-state index contributed by atoms with van der Waals surface area (Å²) in [6, 6.07) is 0. The van der Waals surface area contributed by atoms with Crippen LogP contribution in [0.1, 0.15) is 44.3 Å². The number of aryl methyl sites for hydroxylation is 1. The van der Waals surface area contributed by atoms with E-state index >= 15 is 0 Å². The average molecular weight is 289 g/mol. The van der Waals surface area contributed by atoms with Crippen molar-refractivity contribution in [3.05, 3.63) is 11.7 Å². The maximum atomic E-state index is 11.1. The third-order valence-corrected chi connectivity index (χ3v) is 3.72. The zero-order valence-corrected chi connectivity index (χ0v) is 12.4. The van der Waals surface area contributed by atoms with E-state index in [0.29, 0.717) is 24.8 Å². The second kappa shape index (κ2) is 7.59. The highest BCUT2D eigenvalue weighted by Crippen LogP contribution is 2.17. The first-order valence-electron chi connectivity index (χ1n) is 6.63. The Morgan fingerprint density at radius 2 is 2.05 bits per heavy atom. The van der Waals surface area contributed by atoms with Crippen LogP contribution in [0.15, 0.2) is 4.52 Å². The fraction of sp³-hybridized carbons (Fsp3) is 0.833. The lowest BCUT2D eigenvalue weighted by Gasteiger charge is -2.13. The van der Waals surface area contributed by atoms with Crippen LogP contribution in [-0.2, 0) is 22.0 Å². The van der Waals surface area contributed by atoms with Crippen LogP contribution in [0.2, 0.25) is 0 Å². The Bertz CT molecular complexity index is 464. The summed E-state index contributed by atoms with van der Waals surface area (Å²) in [5, 5.41) is 3.68. The lowest BCUT2D eigenvalue weighted by atomic mass is 9.94. The van der Waals surface area contributed by atoms with Crippen LogP contribution in [0.25, 0.3) is 0 Å². The van der Waals surface area contributed by atoms with Crippen molar-refractivity contribution in [1.82, 2.24) is 10.1 Å². The molecule has 1 rings (SSSR count). The maximum absolute atomic E-state index is 11.1. The molecular weight excluding hydrogens is 266 g/mol. The second-order valence-corrected chi connectivity index (χ2v) is 7.09. The van der Waals surface area contributed by atoms with Crippen LogP contribution >= 0.6 is 0 Å². The van der Waals surface area contributed by atoms with Crippen molar-refractivity contribution < 1.29 is 12.9 Å². The van der Waals surface area contributed by atoms with Crippen molar-refractivity contribution >= 4 is 9.84 Å². The first kappa shape index (κ1) is 16.1. The summed E-state index contributed by atoms with van der Waals surface area (Å²) in [7, 11) is -3.11. The summed E-state index contributed by atoms with van der Waals surface area (Å²) < 4.78 is 27.3. The summed E-state index contributed by atoms with van der Waals surface area (Å²) in [6.45, 7) is 2.84. The summed E-state index contributed by atoms with van der Waals surface area (Å²) in [5.74, 6) is 1.15. The molecule has 1 aromatic heterocycles. The van der Waals surface area contributed by atoms with E-state index in [0.717, 1.165) is 31.9 Å². The minimum absolute atomic E-state index is 0.169. The van der Waals surface area contributed by atoms with E-state index in [-0.39, 0.29) is 11.6 Å². The number of aromatic nitrogens is 2. The van der Waals surface area contributed by atoms with Gasteiger partial charge < -0.3 is 10.3 Å². The van der Waals surface area contributed by atoms with Crippen molar-refractivity contribution in [3.63, 3.8) is 0 Å². The van der Waals surface area contributed by atoms with E-state index in [2.05, 4.69) is 17.1 Å². The Balaban J connectivity index is 2.49. The van der Waals surface area contributed by atoms with Gasteiger partial charge in [0.25, 0.3) is 0 Å². The molecule has 0 saturated heterocycles. The topological polar surface area (TPSA) is 99.1 Å². The molecule has 0 aliphatic carbocycles. The Morgan fingerprint density at radius 1 is 1.32 bits per heavy atom. The fourth-order valence-corrected chi connectivity index (χ4v) is 2.68. The van der Waals surface area contributed by atoms with Crippen LogP contribution in [0, 0.1) is 5.92 Å². The molecule has 1 aromatic rings. The summed E-state index contributed by atoms with van der Waals surface area (Å²) in [4.78, 5) is 4.10. The summed E-state index contributed by atoms with van der Waals surface area (Å²) >= 11 is 0. The molecule has 0 saturated carbocycles. The molecule has 0 spiro atoms. The van der Waals surface area contributed by atoms with Crippen LogP contribution in [0.3, 0.4) is 0 Å². The van der Waals surface area contributed by atoms with E-state index in [1.165, 1.54) is 0 Å². The number of hydrogen-bond donors (Lipinski definition) is 1. The summed E-state index contributed by atoms with van der Waals surface area (Å²) in [5.41, 5.74) is 5.58. The molecule has 1 unspecified atom stereocenters. The monoisotopic (exact) mass is 289 g/mol. The van der Waals surface area contributed by atoms with Crippen molar-refractivity contribution in [2.75, 3.05) is 12.8 Å². The minimum Gasteiger partial charge on any atom is -0.339 e. The van der Waals surface area contributed by atoms with Gasteiger partial charge in [0, 0.05) is 12.7 Å². The highest BCUT2D eigenvalue weighted by Gasteiger charge is 2.14. The number of rotatable bonds is 9. The molecule has 1 atom stereocenters. The number of hydrogen-bond acceptors (Lipinski definition) is 6. The van der Waals surface area contributed by atoms with Crippen molar-refractivity contribution in [1.29, 1.82) is 0 Å². The zero-order valence-electron chi connectivity index (χ0n) is 11.6. The number of nitrogens with zero attached hydrogens (tertiary/aromatic N) is 2. The van der Waals surface area contributed by atoms with E-state index in [4.69, 9.17) is 10.3 Å². The molecule has 0 aliphatic heterocycles. The zero-order chi connectivity index (χ0) is 14.3. The Hall–Kier alpha value is -0.950. The molecule has 0 aromatic carbocycles. The van der Waals surface area contributed by atoms with Gasteiger partial charge in [-0.05, 0) is 25.3 Å². The molecule has 0 fully saturated rings. The first-order valence-corrected chi connectivity index (χ1v) is 8.70. The highest BCUT2D eigenvalue weighted by atomic mass is 32.2. The molecule has 110 valence electrons. The van der Waals surface area contributed by atoms with Gasteiger partial charge in [-0.3, -0.25) is 0 Å². The van der Waals surface area contributed by atoms with E-state index in [1.807, 2.05) is 0 Å². The van der Waals surface area contributed by atoms with Crippen LogP contribution < -0.4 is 5.73 Å². The van der Waals surface area contributed by atoms with Gasteiger partial charge in [-0.25, -0.2) is 8.42 Å². The largest absolute Gasteiger partial charge is 0.339 e. The van der Waals surface area contributed by atoms with Crippen LogP contribution in [0.4, 0.5) is 0 Å². The number of sulfone groups is 1. The lowest BCUT2D eigenvalue weighted by Crippen LogP contribution is -2.10. The van der Waals surface area contributed by atoms with Gasteiger partial charge in [-0.15, -0.1) is 0 Å². The van der Waals surface area contributed by atoms with E-state index in [9.17, 15) is 8.42 Å². The van der Waals surface area contributed by atoms with Gasteiger partial charge >= 0.3 is 0 Å². The molecule has 19 heavy (non-hydrogen) atoms. The predicted octanol–water partition coefficient (Wildman–Crippen LogP) is 1.31. The Morgan fingerprint density at radius 3 is 2.63 bits per heavy atom. The van der Waals surface area contributed by atoms with Crippen LogP contribution in [-0.4, -0.2) is 31.4 Å². The molecule has 1 heterocycles. The average Bonchev–Trinajstić information content (AvgIpc) is 2.72. The van der Waals surface area contributed by atoms with Crippen molar-refractivity contribution in [3.8, 4) is 0 Å². The molecular formula is C12H23N3O3S. The third kappa shape index (κ3) is 6.68. The first-order chi connectivity index (χ1) is 8.94. The summed E-state index contributed by atoms with van der Waals surface area (Å²) in [6.07, 6.45) is 6.06. The molecule has 0 amide bonds. The van der Waals surface area contributed by atoms with Gasteiger partial charge in [0.05, 0.1) is 0 Å². The van der Waals surface area contributed by atoms with Gasteiger partial charge in [0.2, 0.25) is 5.89 Å². The van der Waals surface area contributed by atoms with Crippen molar-refractivity contribution in [2.24, 2.45) is 11.7 Å². The molecule has 6 nitrogen and oxygen atoms in total. The number of nitrogens with two attached hydrogens (primary N) is 1. The Kier molecular flexibility index (Phi) is 6.44.